The zero-order valence-electron chi connectivity index (χ0n) is 22.4. The number of carboxylic acid groups (broad SMARTS) is 1. The minimum absolute atomic E-state index is 0.0117. The number of carbonyl (C=O) groups excluding carboxylic acids is 4. The third-order valence-electron chi connectivity index (χ3n) is 5.88. The predicted molar refractivity (Wildman–Crippen MR) is 132 cm³/mol. The van der Waals surface area contributed by atoms with E-state index >= 15 is 0 Å². The van der Waals surface area contributed by atoms with E-state index in [1.165, 1.54) is 24.3 Å². The molecule has 222 valence electrons. The number of benzene rings is 1. The number of nitrogens with zero attached hydrogens (tertiary/aromatic N) is 1. The standard InChI is InChI=1S/C26H29NO14/c1-12(28)36-11-18-22(37-13(2)29)24(39-15(4)31)23(38-14(3)30)21(40-18)16-7-5-6-8-17(16)25(41-26(34)35)27-19(32)9-10-20(27)33/h5-10,18,21-25,32-33H,11H2,1-4H3,(H,34,35)/t18-,21-,22+,23+,24+,25?/m1/s1. The molecule has 6 atom stereocenters. The minimum atomic E-state index is -1.76. The van der Waals surface area contributed by atoms with Gasteiger partial charge in [-0.2, -0.15) is 0 Å². The molecule has 1 unspecified atom stereocenters. The second-order valence-electron chi connectivity index (χ2n) is 8.90. The van der Waals surface area contributed by atoms with Gasteiger partial charge in [0.05, 0.1) is 0 Å². The Morgan fingerprint density at radius 1 is 0.805 bits per heavy atom. The predicted octanol–water partition coefficient (Wildman–Crippen LogP) is 1.94. The van der Waals surface area contributed by atoms with Crippen molar-refractivity contribution in [3.05, 3.63) is 47.5 Å². The fraction of sp³-hybridized carbons (Fsp3) is 0.423. The van der Waals surface area contributed by atoms with Crippen LogP contribution >= 0.6 is 0 Å². The number of hydrogen-bond acceptors (Lipinski definition) is 13. The van der Waals surface area contributed by atoms with Crippen LogP contribution in [0.2, 0.25) is 0 Å². The Morgan fingerprint density at radius 3 is 1.88 bits per heavy atom. The number of esters is 4. The van der Waals surface area contributed by atoms with Crippen LogP contribution in [0.3, 0.4) is 0 Å². The van der Waals surface area contributed by atoms with Crippen molar-refractivity contribution >= 4 is 30.0 Å². The molecule has 1 fully saturated rings. The molecule has 0 spiro atoms. The lowest BCUT2D eigenvalue weighted by atomic mass is 9.88. The third kappa shape index (κ3) is 7.45. The van der Waals surface area contributed by atoms with Gasteiger partial charge >= 0.3 is 30.0 Å². The lowest BCUT2D eigenvalue weighted by Crippen LogP contribution is -2.59. The summed E-state index contributed by atoms with van der Waals surface area (Å²) in [5.74, 6) is -4.28. The molecule has 2 aromatic rings. The number of ether oxygens (including phenoxy) is 6. The largest absolute Gasteiger partial charge is 0.507 e. The highest BCUT2D eigenvalue weighted by atomic mass is 16.7. The SMILES string of the molecule is CC(=O)OC[C@H]1O[C@H](c2ccccc2C(OC(=O)O)n2c(O)ccc2O)[C@H](OC(C)=O)[C@@H](OC(C)=O)[C@H]1OC(C)=O. The molecule has 0 amide bonds. The fourth-order valence-electron chi connectivity index (χ4n) is 4.49. The molecule has 0 bridgehead atoms. The van der Waals surface area contributed by atoms with Crippen molar-refractivity contribution in [2.75, 3.05) is 6.61 Å². The molecule has 41 heavy (non-hydrogen) atoms. The smallest absolute Gasteiger partial charge is 0.494 e. The number of aromatic nitrogens is 1. The second kappa shape index (κ2) is 13.0. The highest BCUT2D eigenvalue weighted by Crippen LogP contribution is 2.42. The molecule has 3 rings (SSSR count). The third-order valence-corrected chi connectivity index (χ3v) is 5.88. The summed E-state index contributed by atoms with van der Waals surface area (Å²) in [4.78, 5) is 59.6. The van der Waals surface area contributed by atoms with Gasteiger partial charge in [0.25, 0.3) is 0 Å². The summed E-state index contributed by atoms with van der Waals surface area (Å²) in [6.45, 7) is 3.88. The zero-order chi connectivity index (χ0) is 30.4. The Kier molecular flexibility index (Phi) is 9.78. The summed E-state index contributed by atoms with van der Waals surface area (Å²) in [7, 11) is 0. The fourth-order valence-corrected chi connectivity index (χ4v) is 4.49. The van der Waals surface area contributed by atoms with E-state index in [4.69, 9.17) is 28.4 Å². The van der Waals surface area contributed by atoms with Crippen molar-refractivity contribution in [1.82, 2.24) is 4.57 Å². The molecular weight excluding hydrogens is 550 g/mol. The molecule has 1 aliphatic heterocycles. The molecule has 2 heterocycles. The highest BCUT2D eigenvalue weighted by molar-refractivity contribution is 5.69. The normalized spacial score (nSPS) is 22.6. The lowest BCUT2D eigenvalue weighted by Gasteiger charge is -2.45. The van der Waals surface area contributed by atoms with Gasteiger partial charge in [-0.15, -0.1) is 0 Å². The maximum Gasteiger partial charge on any atom is 0.507 e. The molecular formula is C26H29NO14. The molecule has 15 nitrogen and oxygen atoms in total. The van der Waals surface area contributed by atoms with Crippen LogP contribution in [-0.4, -0.2) is 80.9 Å². The molecule has 0 aliphatic carbocycles. The molecule has 1 aromatic heterocycles. The van der Waals surface area contributed by atoms with Crippen LogP contribution in [0.5, 0.6) is 11.8 Å². The summed E-state index contributed by atoms with van der Waals surface area (Å²) in [6.07, 6.45) is -10.5. The first-order valence-corrected chi connectivity index (χ1v) is 12.2. The average molecular weight is 580 g/mol. The summed E-state index contributed by atoms with van der Waals surface area (Å²) in [6, 6.07) is 8.08. The van der Waals surface area contributed by atoms with E-state index in [0.717, 1.165) is 44.4 Å². The Balaban J connectivity index is 2.24. The Bertz CT molecular complexity index is 1280. The molecule has 1 saturated heterocycles. The van der Waals surface area contributed by atoms with Crippen LogP contribution in [0.1, 0.15) is 51.2 Å². The molecule has 1 aliphatic rings. The van der Waals surface area contributed by atoms with Crippen LogP contribution in [0.25, 0.3) is 0 Å². The van der Waals surface area contributed by atoms with Gasteiger partial charge < -0.3 is 43.7 Å². The summed E-state index contributed by atoms with van der Waals surface area (Å²) in [5.41, 5.74) is 0.112. The summed E-state index contributed by atoms with van der Waals surface area (Å²) < 4.78 is 33.4. The minimum Gasteiger partial charge on any atom is -0.494 e. The van der Waals surface area contributed by atoms with Gasteiger partial charge in [-0.05, 0) is 5.56 Å². The number of carbonyl (C=O) groups is 5. The second-order valence-corrected chi connectivity index (χ2v) is 8.90. The first-order valence-electron chi connectivity index (χ1n) is 12.2. The first-order chi connectivity index (χ1) is 19.3. The molecule has 1 aromatic carbocycles. The highest BCUT2D eigenvalue weighted by Gasteiger charge is 2.53. The lowest BCUT2D eigenvalue weighted by molar-refractivity contribution is -0.254. The Hall–Kier alpha value is -4.79. The van der Waals surface area contributed by atoms with Crippen molar-refractivity contribution in [3.63, 3.8) is 0 Å². The molecule has 15 heteroatoms. The molecule has 0 saturated carbocycles. The average Bonchev–Trinajstić information content (AvgIpc) is 3.20. The van der Waals surface area contributed by atoms with E-state index in [1.807, 2.05) is 0 Å². The number of hydrogen-bond donors (Lipinski definition) is 3. The van der Waals surface area contributed by atoms with E-state index in [-0.39, 0.29) is 11.1 Å². The van der Waals surface area contributed by atoms with E-state index in [2.05, 4.69) is 0 Å². The zero-order valence-corrected chi connectivity index (χ0v) is 22.4. The Labute approximate surface area is 233 Å². The van der Waals surface area contributed by atoms with Crippen molar-refractivity contribution in [2.24, 2.45) is 0 Å². The van der Waals surface area contributed by atoms with Gasteiger partial charge in [0.2, 0.25) is 6.23 Å². The van der Waals surface area contributed by atoms with Crippen LogP contribution in [-0.2, 0) is 47.6 Å². The number of aromatic hydroxyl groups is 2. The van der Waals surface area contributed by atoms with Crippen LogP contribution in [0.15, 0.2) is 36.4 Å². The van der Waals surface area contributed by atoms with Crippen LogP contribution < -0.4 is 0 Å². The summed E-state index contributed by atoms with van der Waals surface area (Å²) >= 11 is 0. The monoisotopic (exact) mass is 579 g/mol. The molecule has 3 N–H and O–H groups in total. The van der Waals surface area contributed by atoms with Gasteiger partial charge in [-0.25, -0.2) is 9.36 Å². The van der Waals surface area contributed by atoms with E-state index in [0.29, 0.717) is 0 Å². The van der Waals surface area contributed by atoms with Crippen molar-refractivity contribution < 1.29 is 67.7 Å². The van der Waals surface area contributed by atoms with Gasteiger partial charge in [0.15, 0.2) is 30.1 Å². The van der Waals surface area contributed by atoms with E-state index in [9.17, 15) is 39.3 Å². The topological polar surface area (TPSA) is 206 Å². The Morgan fingerprint density at radius 2 is 1.34 bits per heavy atom. The quantitative estimate of drug-likeness (QED) is 0.287. The van der Waals surface area contributed by atoms with Gasteiger partial charge in [0, 0.05) is 45.4 Å². The van der Waals surface area contributed by atoms with Crippen molar-refractivity contribution in [3.8, 4) is 11.8 Å². The van der Waals surface area contributed by atoms with Gasteiger partial charge in [-0.1, -0.05) is 24.3 Å². The molecule has 0 radical (unpaired) electrons. The van der Waals surface area contributed by atoms with Crippen molar-refractivity contribution in [1.29, 1.82) is 0 Å². The number of rotatable bonds is 9. The van der Waals surface area contributed by atoms with E-state index in [1.54, 1.807) is 0 Å². The van der Waals surface area contributed by atoms with Gasteiger partial charge in [-0.3, -0.25) is 19.2 Å². The summed E-state index contributed by atoms with van der Waals surface area (Å²) in [5, 5.41) is 30.2. The van der Waals surface area contributed by atoms with Gasteiger partial charge in [0.1, 0.15) is 18.8 Å². The van der Waals surface area contributed by atoms with E-state index < -0.39 is 85.1 Å². The first kappa shape index (κ1) is 30.7. The van der Waals surface area contributed by atoms with Crippen LogP contribution in [0, 0.1) is 0 Å². The van der Waals surface area contributed by atoms with Crippen molar-refractivity contribution in [2.45, 2.75) is 64.4 Å². The maximum absolute atomic E-state index is 12.2. The maximum atomic E-state index is 12.2. The van der Waals surface area contributed by atoms with Crippen LogP contribution in [0.4, 0.5) is 4.79 Å².